The number of ether oxygens (including phenoxy) is 1. The summed E-state index contributed by atoms with van der Waals surface area (Å²) in [6, 6.07) is 5.14. The molecule has 1 N–H and O–H groups in total. The van der Waals surface area contributed by atoms with Crippen LogP contribution in [0, 0.1) is 0 Å². The second kappa shape index (κ2) is 4.68. The molecule has 0 aliphatic carbocycles. The van der Waals surface area contributed by atoms with Gasteiger partial charge in [-0.05, 0) is 31.9 Å². The lowest BCUT2D eigenvalue weighted by atomic mass is 10.2. The van der Waals surface area contributed by atoms with E-state index in [9.17, 15) is 8.42 Å². The lowest BCUT2D eigenvalue weighted by Crippen LogP contribution is -2.33. The minimum atomic E-state index is -3.46. The zero-order valence-corrected chi connectivity index (χ0v) is 11.7. The van der Waals surface area contributed by atoms with Crippen molar-refractivity contribution in [3.63, 3.8) is 0 Å². The number of sulfonamides is 1. The molecule has 2 heterocycles. The summed E-state index contributed by atoms with van der Waals surface area (Å²) in [5, 5.41) is 0. The van der Waals surface area contributed by atoms with Crippen LogP contribution in [-0.2, 0) is 10.0 Å². The molecule has 1 aromatic carbocycles. The molecule has 0 bridgehead atoms. The number of nitrogens with zero attached hydrogens (tertiary/aromatic N) is 1. The standard InChI is InChI=1S/C13H18N2O3S/c1-10-9-18-12-8-11(15-6-2-3-7-15)4-5-13(12)19(16,17)14-10/h4-5,8,10,14H,2-3,6-7,9H2,1H3/t10-/m1/s1. The van der Waals surface area contributed by atoms with Gasteiger partial charge in [0.2, 0.25) is 10.0 Å². The Balaban J connectivity index is 2.01. The average molecular weight is 282 g/mol. The highest BCUT2D eigenvalue weighted by Gasteiger charge is 2.27. The van der Waals surface area contributed by atoms with Gasteiger partial charge in [-0.15, -0.1) is 0 Å². The van der Waals surface area contributed by atoms with E-state index < -0.39 is 10.0 Å². The molecule has 0 radical (unpaired) electrons. The Morgan fingerprint density at radius 1 is 1.32 bits per heavy atom. The average Bonchev–Trinajstić information content (AvgIpc) is 2.85. The predicted molar refractivity (Wildman–Crippen MR) is 73.2 cm³/mol. The van der Waals surface area contributed by atoms with Gasteiger partial charge in [0, 0.05) is 24.8 Å². The summed E-state index contributed by atoms with van der Waals surface area (Å²) in [5.74, 6) is 0.459. The second-order valence-corrected chi connectivity index (χ2v) is 6.84. The van der Waals surface area contributed by atoms with Gasteiger partial charge >= 0.3 is 0 Å². The van der Waals surface area contributed by atoms with Crippen LogP contribution >= 0.6 is 0 Å². The molecule has 0 unspecified atom stereocenters. The molecule has 1 fully saturated rings. The number of anilines is 1. The fourth-order valence-electron chi connectivity index (χ4n) is 2.58. The van der Waals surface area contributed by atoms with Crippen LogP contribution in [0.25, 0.3) is 0 Å². The first kappa shape index (κ1) is 12.7. The van der Waals surface area contributed by atoms with Gasteiger partial charge in [0.1, 0.15) is 17.3 Å². The van der Waals surface area contributed by atoms with Gasteiger partial charge in [0.15, 0.2) is 0 Å². The first-order chi connectivity index (χ1) is 9.06. The smallest absolute Gasteiger partial charge is 0.244 e. The summed E-state index contributed by atoms with van der Waals surface area (Å²) in [6.07, 6.45) is 2.38. The van der Waals surface area contributed by atoms with Gasteiger partial charge in [-0.1, -0.05) is 0 Å². The Bertz CT molecular complexity index is 580. The summed E-state index contributed by atoms with van der Waals surface area (Å²) >= 11 is 0. The van der Waals surface area contributed by atoms with E-state index in [0.717, 1.165) is 18.8 Å². The van der Waals surface area contributed by atoms with Gasteiger partial charge in [-0.3, -0.25) is 0 Å². The van der Waals surface area contributed by atoms with Crippen molar-refractivity contribution >= 4 is 15.7 Å². The molecule has 0 spiro atoms. The summed E-state index contributed by atoms with van der Waals surface area (Å²) in [5.41, 5.74) is 1.04. The predicted octanol–water partition coefficient (Wildman–Crippen LogP) is 1.35. The Hall–Kier alpha value is -1.27. The fraction of sp³-hybridized carbons (Fsp3) is 0.538. The molecule has 2 aliphatic rings. The van der Waals surface area contributed by atoms with Crippen LogP contribution in [0.15, 0.2) is 23.1 Å². The van der Waals surface area contributed by atoms with Gasteiger partial charge in [-0.2, -0.15) is 0 Å². The van der Waals surface area contributed by atoms with E-state index in [1.165, 1.54) is 12.8 Å². The first-order valence-electron chi connectivity index (χ1n) is 6.60. The van der Waals surface area contributed by atoms with Gasteiger partial charge in [-0.25, -0.2) is 13.1 Å². The molecule has 5 nitrogen and oxygen atoms in total. The number of rotatable bonds is 1. The zero-order valence-electron chi connectivity index (χ0n) is 10.9. The van der Waals surface area contributed by atoms with Crippen LogP contribution in [0.4, 0.5) is 5.69 Å². The van der Waals surface area contributed by atoms with Crippen molar-refractivity contribution in [2.75, 3.05) is 24.6 Å². The molecule has 0 amide bonds. The quantitative estimate of drug-likeness (QED) is 0.844. The summed E-state index contributed by atoms with van der Waals surface area (Å²) < 4.78 is 32.5. The van der Waals surface area contributed by atoms with E-state index in [1.807, 2.05) is 12.1 Å². The normalized spacial score (nSPS) is 25.5. The highest BCUT2D eigenvalue weighted by atomic mass is 32.2. The molecule has 1 atom stereocenters. The molecule has 104 valence electrons. The Labute approximate surface area is 113 Å². The maximum atomic E-state index is 12.1. The summed E-state index contributed by atoms with van der Waals surface area (Å²) in [6.45, 7) is 4.21. The maximum absolute atomic E-state index is 12.1. The Morgan fingerprint density at radius 3 is 2.79 bits per heavy atom. The van der Waals surface area contributed by atoms with Crippen molar-refractivity contribution in [3.05, 3.63) is 18.2 Å². The van der Waals surface area contributed by atoms with Crippen LogP contribution < -0.4 is 14.4 Å². The third-order valence-corrected chi connectivity index (χ3v) is 5.16. The lowest BCUT2D eigenvalue weighted by Gasteiger charge is -2.19. The topological polar surface area (TPSA) is 58.6 Å². The number of nitrogens with one attached hydrogen (secondary N) is 1. The maximum Gasteiger partial charge on any atom is 0.244 e. The summed E-state index contributed by atoms with van der Waals surface area (Å²) in [7, 11) is -3.46. The molecule has 1 aromatic rings. The molecule has 0 aromatic heterocycles. The highest BCUT2D eigenvalue weighted by Crippen LogP contribution is 2.32. The molecule has 6 heteroatoms. The first-order valence-corrected chi connectivity index (χ1v) is 8.09. The van der Waals surface area contributed by atoms with Crippen molar-refractivity contribution < 1.29 is 13.2 Å². The fourth-order valence-corrected chi connectivity index (χ4v) is 3.94. The van der Waals surface area contributed by atoms with Crippen LogP contribution in [0.5, 0.6) is 5.75 Å². The van der Waals surface area contributed by atoms with E-state index in [-0.39, 0.29) is 10.9 Å². The number of hydrogen-bond donors (Lipinski definition) is 1. The molecule has 19 heavy (non-hydrogen) atoms. The highest BCUT2D eigenvalue weighted by molar-refractivity contribution is 7.89. The van der Waals surface area contributed by atoms with Crippen molar-refractivity contribution in [2.45, 2.75) is 30.7 Å². The van der Waals surface area contributed by atoms with E-state index in [0.29, 0.717) is 12.4 Å². The number of fused-ring (bicyclic) bond motifs is 1. The molecular formula is C13H18N2O3S. The van der Waals surface area contributed by atoms with E-state index in [1.54, 1.807) is 13.0 Å². The molecule has 3 rings (SSSR count). The van der Waals surface area contributed by atoms with E-state index in [4.69, 9.17) is 4.74 Å². The molecule has 0 saturated carbocycles. The van der Waals surface area contributed by atoms with Crippen LogP contribution in [0.3, 0.4) is 0 Å². The number of benzene rings is 1. The number of hydrogen-bond acceptors (Lipinski definition) is 4. The minimum absolute atomic E-state index is 0.215. The van der Waals surface area contributed by atoms with Crippen molar-refractivity contribution in [2.24, 2.45) is 0 Å². The third kappa shape index (κ3) is 2.42. The largest absolute Gasteiger partial charge is 0.490 e. The minimum Gasteiger partial charge on any atom is -0.490 e. The van der Waals surface area contributed by atoms with Crippen LogP contribution in [0.1, 0.15) is 19.8 Å². The van der Waals surface area contributed by atoms with Gasteiger partial charge < -0.3 is 9.64 Å². The summed E-state index contributed by atoms with van der Waals surface area (Å²) in [4.78, 5) is 2.50. The SMILES string of the molecule is C[C@@H]1COc2cc(N3CCCC3)ccc2S(=O)(=O)N1. The lowest BCUT2D eigenvalue weighted by molar-refractivity contribution is 0.288. The molecule has 2 aliphatic heterocycles. The monoisotopic (exact) mass is 282 g/mol. The van der Waals surface area contributed by atoms with Crippen LogP contribution in [0.2, 0.25) is 0 Å². The second-order valence-electron chi connectivity index (χ2n) is 5.16. The van der Waals surface area contributed by atoms with Gasteiger partial charge in [0.25, 0.3) is 0 Å². The van der Waals surface area contributed by atoms with Crippen molar-refractivity contribution in [1.82, 2.24) is 4.72 Å². The molecule has 1 saturated heterocycles. The zero-order chi connectivity index (χ0) is 13.5. The van der Waals surface area contributed by atoms with E-state index in [2.05, 4.69) is 9.62 Å². The van der Waals surface area contributed by atoms with Gasteiger partial charge in [0.05, 0.1) is 6.04 Å². The Morgan fingerprint density at radius 2 is 2.05 bits per heavy atom. The van der Waals surface area contributed by atoms with Crippen molar-refractivity contribution in [3.8, 4) is 5.75 Å². The third-order valence-electron chi connectivity index (χ3n) is 3.53. The van der Waals surface area contributed by atoms with Crippen LogP contribution in [-0.4, -0.2) is 34.2 Å². The molecular weight excluding hydrogens is 264 g/mol. The Kier molecular flexibility index (Phi) is 3.14. The van der Waals surface area contributed by atoms with E-state index >= 15 is 0 Å². The van der Waals surface area contributed by atoms with Crippen molar-refractivity contribution in [1.29, 1.82) is 0 Å².